The van der Waals surface area contributed by atoms with E-state index in [0.717, 1.165) is 9.86 Å². The quantitative estimate of drug-likeness (QED) is 0.631. The molecule has 2 aromatic rings. The highest BCUT2D eigenvalue weighted by Crippen LogP contribution is 2.22. The molecule has 0 aliphatic rings. The molecule has 2 heterocycles. The normalized spacial score (nSPS) is 10.8. The number of nitrogens with zero attached hydrogens (tertiary/aromatic N) is 1. The number of H-pyrrole nitrogens is 1. The standard InChI is InChI=1S/C13H13BrN2O3/c14-8-5-9-10(7-16-13(9)15-6-8)11(17)3-1-2-4-12(18)19/h5-7H,1-4H2,(H,15,16)(H,18,19). The van der Waals surface area contributed by atoms with Crippen LogP contribution in [0.1, 0.15) is 36.0 Å². The number of unbranched alkanes of at least 4 members (excludes halogenated alkanes) is 1. The molecule has 2 N–H and O–H groups in total. The first-order valence-corrected chi connectivity index (χ1v) is 6.75. The number of carbonyl (C=O) groups excluding carboxylic acids is 1. The van der Waals surface area contributed by atoms with E-state index >= 15 is 0 Å². The first-order valence-electron chi connectivity index (χ1n) is 5.95. The highest BCUT2D eigenvalue weighted by atomic mass is 79.9. The predicted octanol–water partition coefficient (Wildman–Crippen LogP) is 3.15. The maximum Gasteiger partial charge on any atom is 0.303 e. The second kappa shape index (κ2) is 5.97. The van der Waals surface area contributed by atoms with Crippen LogP contribution in [-0.2, 0) is 4.79 Å². The van der Waals surface area contributed by atoms with Crippen molar-refractivity contribution in [3.8, 4) is 0 Å². The average molecular weight is 325 g/mol. The molecule has 100 valence electrons. The SMILES string of the molecule is O=C(O)CCCCC(=O)c1c[nH]c2ncc(Br)cc12. The molecule has 0 radical (unpaired) electrons. The predicted molar refractivity (Wildman–Crippen MR) is 74.2 cm³/mol. The molecular weight excluding hydrogens is 312 g/mol. The van der Waals surface area contributed by atoms with Crippen LogP contribution in [0.25, 0.3) is 11.0 Å². The van der Waals surface area contributed by atoms with E-state index in [1.165, 1.54) is 0 Å². The van der Waals surface area contributed by atoms with Crippen molar-refractivity contribution in [2.24, 2.45) is 0 Å². The van der Waals surface area contributed by atoms with Crippen molar-refractivity contribution in [3.05, 3.63) is 28.5 Å². The summed E-state index contributed by atoms with van der Waals surface area (Å²) in [4.78, 5) is 29.6. The van der Waals surface area contributed by atoms with E-state index in [9.17, 15) is 9.59 Å². The number of carboxylic acid groups (broad SMARTS) is 1. The summed E-state index contributed by atoms with van der Waals surface area (Å²) in [5.41, 5.74) is 1.29. The minimum atomic E-state index is -0.826. The van der Waals surface area contributed by atoms with Gasteiger partial charge in [-0.3, -0.25) is 9.59 Å². The number of hydrogen-bond donors (Lipinski definition) is 2. The molecule has 0 aliphatic heterocycles. The monoisotopic (exact) mass is 324 g/mol. The lowest BCUT2D eigenvalue weighted by molar-refractivity contribution is -0.137. The summed E-state index contributed by atoms with van der Waals surface area (Å²) in [6, 6.07) is 1.85. The fourth-order valence-electron chi connectivity index (χ4n) is 1.91. The van der Waals surface area contributed by atoms with Gasteiger partial charge in [0.1, 0.15) is 5.65 Å². The van der Waals surface area contributed by atoms with Gasteiger partial charge in [0, 0.05) is 40.7 Å². The number of aromatic nitrogens is 2. The summed E-state index contributed by atoms with van der Waals surface area (Å²) in [6.07, 6.45) is 4.88. The minimum Gasteiger partial charge on any atom is -0.481 e. The highest BCUT2D eigenvalue weighted by molar-refractivity contribution is 9.10. The summed E-state index contributed by atoms with van der Waals surface area (Å²) in [5.74, 6) is -0.816. The molecule has 0 saturated heterocycles. The summed E-state index contributed by atoms with van der Waals surface area (Å²) in [5, 5.41) is 9.32. The number of carbonyl (C=O) groups is 2. The lowest BCUT2D eigenvalue weighted by Crippen LogP contribution is -2.00. The number of hydrogen-bond acceptors (Lipinski definition) is 3. The van der Waals surface area contributed by atoms with E-state index in [4.69, 9.17) is 5.11 Å². The molecule has 0 spiro atoms. The number of Topliss-reactive ketones (excluding diaryl/α,β-unsaturated/α-hetero) is 1. The molecule has 0 bridgehead atoms. The van der Waals surface area contributed by atoms with Gasteiger partial charge in [-0.05, 0) is 34.8 Å². The number of pyridine rings is 1. The molecule has 0 unspecified atom stereocenters. The highest BCUT2D eigenvalue weighted by Gasteiger charge is 2.13. The van der Waals surface area contributed by atoms with E-state index in [1.54, 1.807) is 12.4 Å². The molecule has 2 rings (SSSR count). The summed E-state index contributed by atoms with van der Waals surface area (Å²) >= 11 is 3.33. The Morgan fingerprint density at radius 1 is 1.32 bits per heavy atom. The molecule has 19 heavy (non-hydrogen) atoms. The van der Waals surface area contributed by atoms with Crippen molar-refractivity contribution in [1.29, 1.82) is 0 Å². The Morgan fingerprint density at radius 3 is 2.79 bits per heavy atom. The lowest BCUT2D eigenvalue weighted by atomic mass is 10.0. The molecule has 6 heteroatoms. The molecule has 0 atom stereocenters. The molecule has 0 aromatic carbocycles. The zero-order valence-corrected chi connectivity index (χ0v) is 11.7. The number of halogens is 1. The first-order chi connectivity index (χ1) is 9.08. The van der Waals surface area contributed by atoms with Crippen molar-refractivity contribution in [1.82, 2.24) is 9.97 Å². The molecule has 2 aromatic heterocycles. The van der Waals surface area contributed by atoms with E-state index in [0.29, 0.717) is 30.5 Å². The van der Waals surface area contributed by atoms with Crippen LogP contribution in [0.2, 0.25) is 0 Å². The van der Waals surface area contributed by atoms with Gasteiger partial charge < -0.3 is 10.1 Å². The summed E-state index contributed by atoms with van der Waals surface area (Å²) in [6.45, 7) is 0. The van der Waals surface area contributed by atoms with Crippen LogP contribution in [-0.4, -0.2) is 26.8 Å². The number of fused-ring (bicyclic) bond motifs is 1. The van der Waals surface area contributed by atoms with Gasteiger partial charge in [0.2, 0.25) is 0 Å². The molecule has 0 saturated carbocycles. The first kappa shape index (κ1) is 13.7. The fraction of sp³-hybridized carbons (Fsp3) is 0.308. The van der Waals surface area contributed by atoms with Crippen LogP contribution in [0.15, 0.2) is 22.9 Å². The van der Waals surface area contributed by atoms with E-state index in [-0.39, 0.29) is 12.2 Å². The van der Waals surface area contributed by atoms with Gasteiger partial charge in [0.05, 0.1) is 0 Å². The van der Waals surface area contributed by atoms with E-state index in [1.807, 2.05) is 6.07 Å². The van der Waals surface area contributed by atoms with Crippen molar-refractivity contribution < 1.29 is 14.7 Å². The number of aromatic amines is 1. The molecular formula is C13H13BrN2O3. The van der Waals surface area contributed by atoms with Gasteiger partial charge in [-0.25, -0.2) is 4.98 Å². The van der Waals surface area contributed by atoms with Gasteiger partial charge in [-0.1, -0.05) is 0 Å². The maximum absolute atomic E-state index is 12.1. The van der Waals surface area contributed by atoms with Crippen LogP contribution >= 0.6 is 15.9 Å². The van der Waals surface area contributed by atoms with Gasteiger partial charge in [-0.2, -0.15) is 0 Å². The van der Waals surface area contributed by atoms with Crippen LogP contribution < -0.4 is 0 Å². The molecule has 0 fully saturated rings. The Morgan fingerprint density at radius 2 is 2.05 bits per heavy atom. The smallest absolute Gasteiger partial charge is 0.303 e. The van der Waals surface area contributed by atoms with Crippen molar-refractivity contribution in [2.75, 3.05) is 0 Å². The Bertz CT molecular complexity index is 621. The Balaban J connectivity index is 2.05. The van der Waals surface area contributed by atoms with E-state index < -0.39 is 5.97 Å². The van der Waals surface area contributed by atoms with Crippen LogP contribution in [0.5, 0.6) is 0 Å². The number of carboxylic acids is 1. The van der Waals surface area contributed by atoms with Gasteiger partial charge >= 0.3 is 5.97 Å². The Labute approximate surface area is 118 Å². The van der Waals surface area contributed by atoms with Gasteiger partial charge in [-0.15, -0.1) is 0 Å². The fourth-order valence-corrected chi connectivity index (χ4v) is 2.24. The summed E-state index contributed by atoms with van der Waals surface area (Å²) < 4.78 is 0.819. The average Bonchev–Trinajstić information content (AvgIpc) is 2.77. The van der Waals surface area contributed by atoms with Crippen molar-refractivity contribution in [2.45, 2.75) is 25.7 Å². The third kappa shape index (κ3) is 3.41. The van der Waals surface area contributed by atoms with Gasteiger partial charge in [0.25, 0.3) is 0 Å². The topological polar surface area (TPSA) is 83.0 Å². The third-order valence-corrected chi connectivity index (χ3v) is 3.28. The number of nitrogens with one attached hydrogen (secondary N) is 1. The number of ketones is 1. The zero-order valence-electron chi connectivity index (χ0n) is 10.1. The second-order valence-electron chi connectivity index (χ2n) is 4.28. The minimum absolute atomic E-state index is 0.0107. The number of aliphatic carboxylic acids is 1. The second-order valence-corrected chi connectivity index (χ2v) is 5.19. The molecule has 5 nitrogen and oxygen atoms in total. The lowest BCUT2D eigenvalue weighted by Gasteiger charge is -1.99. The van der Waals surface area contributed by atoms with Crippen LogP contribution in [0, 0.1) is 0 Å². The van der Waals surface area contributed by atoms with Crippen molar-refractivity contribution in [3.63, 3.8) is 0 Å². The van der Waals surface area contributed by atoms with Crippen LogP contribution in [0.4, 0.5) is 0 Å². The van der Waals surface area contributed by atoms with Crippen LogP contribution in [0.3, 0.4) is 0 Å². The van der Waals surface area contributed by atoms with Crippen molar-refractivity contribution >= 4 is 38.7 Å². The summed E-state index contributed by atoms with van der Waals surface area (Å²) in [7, 11) is 0. The molecule has 0 aliphatic carbocycles. The van der Waals surface area contributed by atoms with E-state index in [2.05, 4.69) is 25.9 Å². The molecule has 0 amide bonds. The van der Waals surface area contributed by atoms with Gasteiger partial charge in [0.15, 0.2) is 5.78 Å². The third-order valence-electron chi connectivity index (χ3n) is 2.84. The zero-order chi connectivity index (χ0) is 13.8. The Hall–Kier alpha value is -1.69. The maximum atomic E-state index is 12.1. The number of rotatable bonds is 6. The largest absolute Gasteiger partial charge is 0.481 e. The Kier molecular flexibility index (Phi) is 4.31.